The van der Waals surface area contributed by atoms with Crippen molar-refractivity contribution in [1.29, 1.82) is 10.7 Å². The van der Waals surface area contributed by atoms with Gasteiger partial charge in [0.15, 0.2) is 6.10 Å². The van der Waals surface area contributed by atoms with Crippen molar-refractivity contribution >= 4 is 22.1 Å². The predicted molar refractivity (Wildman–Crippen MR) is 139 cm³/mol. The van der Waals surface area contributed by atoms with E-state index in [4.69, 9.17) is 20.1 Å². The van der Waals surface area contributed by atoms with Crippen LogP contribution in [0.15, 0.2) is 4.90 Å². The lowest BCUT2D eigenvalue weighted by Gasteiger charge is -2.24. The number of amides is 1. The molecule has 206 valence electrons. The molecule has 0 radical (unpaired) electrons. The highest BCUT2D eigenvalue weighted by Gasteiger charge is 2.36. The first kappa shape index (κ1) is 30.2. The molecule has 2 atom stereocenters. The fourth-order valence-corrected chi connectivity index (χ4v) is 5.79. The number of aliphatic hydroxyl groups excluding tert-OH is 1. The van der Waals surface area contributed by atoms with E-state index in [2.05, 4.69) is 15.4 Å². The summed E-state index contributed by atoms with van der Waals surface area (Å²) in [7, 11) is -4.06. The third-order valence-electron chi connectivity index (χ3n) is 6.01. The summed E-state index contributed by atoms with van der Waals surface area (Å²) in [5.74, 6) is 0.312. The molecule has 1 amide bonds. The Morgan fingerprint density at radius 1 is 1.24 bits per heavy atom. The third kappa shape index (κ3) is 7.72. The van der Waals surface area contributed by atoms with E-state index in [0.29, 0.717) is 24.0 Å². The number of rotatable bonds is 8. The predicted octanol–water partition coefficient (Wildman–Crippen LogP) is 2.69. The van der Waals surface area contributed by atoms with E-state index < -0.39 is 45.4 Å². The van der Waals surface area contributed by atoms with E-state index in [9.17, 15) is 18.3 Å². The molecule has 5 N–H and O–H groups in total. The summed E-state index contributed by atoms with van der Waals surface area (Å²) < 4.78 is 40.0. The van der Waals surface area contributed by atoms with Gasteiger partial charge in [0.1, 0.15) is 17.0 Å². The van der Waals surface area contributed by atoms with Gasteiger partial charge in [-0.3, -0.25) is 5.41 Å². The zero-order valence-corrected chi connectivity index (χ0v) is 23.6. The molecule has 37 heavy (non-hydrogen) atoms. The molecule has 0 bridgehead atoms. The molecule has 0 saturated carbocycles. The van der Waals surface area contributed by atoms with Gasteiger partial charge in [0, 0.05) is 18.5 Å². The number of fused-ring (bicyclic) bond motifs is 1. The molecule has 0 fully saturated rings. The molecule has 0 spiro atoms. The summed E-state index contributed by atoms with van der Waals surface area (Å²) in [6.45, 7) is 14.5. The first-order chi connectivity index (χ1) is 16.9. The van der Waals surface area contributed by atoms with Crippen LogP contribution in [-0.2, 0) is 21.2 Å². The van der Waals surface area contributed by atoms with Crippen LogP contribution in [0.1, 0.15) is 69.7 Å². The molecule has 0 aromatic heterocycles. The number of alkyl carbamates (subject to hydrolysis) is 1. The largest absolute Gasteiger partial charge is 0.487 e. The Hall–Kier alpha value is -3.04. The van der Waals surface area contributed by atoms with Crippen LogP contribution in [0.4, 0.5) is 4.79 Å². The number of benzene rings is 1. The maximum absolute atomic E-state index is 13.2. The van der Waals surface area contributed by atoms with Crippen LogP contribution in [0.2, 0.25) is 0 Å². The van der Waals surface area contributed by atoms with E-state index in [-0.39, 0.29) is 17.9 Å². The second-order valence-corrected chi connectivity index (χ2v) is 12.5. The van der Waals surface area contributed by atoms with Crippen molar-refractivity contribution in [3.8, 4) is 11.8 Å². The van der Waals surface area contributed by atoms with Gasteiger partial charge in [-0.25, -0.2) is 17.9 Å². The van der Waals surface area contributed by atoms with Crippen LogP contribution in [-0.4, -0.2) is 55.5 Å². The van der Waals surface area contributed by atoms with Gasteiger partial charge in [-0.2, -0.15) is 5.26 Å². The summed E-state index contributed by atoms with van der Waals surface area (Å²) in [5, 5.41) is 32.3. The van der Waals surface area contributed by atoms with Gasteiger partial charge in [0.2, 0.25) is 5.96 Å². The summed E-state index contributed by atoms with van der Waals surface area (Å²) >= 11 is 0. The number of hydrogen-bond donors (Lipinski definition) is 5. The van der Waals surface area contributed by atoms with Crippen molar-refractivity contribution < 1.29 is 27.8 Å². The second-order valence-electron chi connectivity index (χ2n) is 10.9. The molecular formula is C25H39N5O6S. The highest BCUT2D eigenvalue weighted by molar-refractivity contribution is 7.90. The van der Waals surface area contributed by atoms with Crippen molar-refractivity contribution in [3.63, 3.8) is 0 Å². The molecule has 1 aliphatic rings. The highest BCUT2D eigenvalue weighted by atomic mass is 32.2. The molecule has 2 unspecified atom stereocenters. The van der Waals surface area contributed by atoms with Crippen LogP contribution in [0.5, 0.6) is 5.75 Å². The van der Waals surface area contributed by atoms with Gasteiger partial charge >= 0.3 is 6.09 Å². The number of sulfonamides is 1. The average molecular weight is 538 g/mol. The minimum absolute atomic E-state index is 0.135. The quantitative estimate of drug-likeness (QED) is 0.146. The first-order valence-corrected chi connectivity index (χ1v) is 13.6. The summed E-state index contributed by atoms with van der Waals surface area (Å²) in [6, 6.07) is 0.802. The second kappa shape index (κ2) is 11.1. The summed E-state index contributed by atoms with van der Waals surface area (Å²) in [4.78, 5) is 12.2. The maximum atomic E-state index is 13.2. The maximum Gasteiger partial charge on any atom is 0.407 e. The molecule has 2 rings (SSSR count). The Morgan fingerprint density at radius 2 is 1.86 bits per heavy atom. The lowest BCUT2D eigenvalue weighted by atomic mass is 9.94. The lowest BCUT2D eigenvalue weighted by Crippen LogP contribution is -2.45. The zero-order valence-electron chi connectivity index (χ0n) is 22.8. The molecule has 1 aromatic rings. The topological polar surface area (TPSA) is 174 Å². The molecule has 0 aliphatic carbocycles. The van der Waals surface area contributed by atoms with Crippen molar-refractivity contribution in [2.75, 3.05) is 6.54 Å². The number of hydrogen-bond acceptors (Lipinski definition) is 8. The van der Waals surface area contributed by atoms with Crippen molar-refractivity contribution in [3.05, 3.63) is 22.3 Å². The van der Waals surface area contributed by atoms with Crippen molar-refractivity contribution in [2.24, 2.45) is 0 Å². The first-order valence-electron chi connectivity index (χ1n) is 12.1. The number of carbonyl (C=O) groups is 1. The Balaban J connectivity index is 2.02. The number of guanidine groups is 1. The van der Waals surface area contributed by atoms with Gasteiger partial charge < -0.3 is 25.2 Å². The summed E-state index contributed by atoms with van der Waals surface area (Å²) in [6.07, 6.45) is -1.11. The van der Waals surface area contributed by atoms with E-state index in [0.717, 1.165) is 16.9 Å². The van der Waals surface area contributed by atoms with E-state index >= 15 is 0 Å². The fourth-order valence-electron chi connectivity index (χ4n) is 4.26. The van der Waals surface area contributed by atoms with Gasteiger partial charge in [0.05, 0.1) is 17.0 Å². The lowest BCUT2D eigenvalue weighted by molar-refractivity contribution is 0.0452. The minimum atomic E-state index is -4.06. The Kier molecular flexibility index (Phi) is 9.09. The van der Waals surface area contributed by atoms with Crippen LogP contribution in [0.3, 0.4) is 0 Å². The van der Waals surface area contributed by atoms with E-state index in [1.807, 2.05) is 20.8 Å². The number of nitrogens with zero attached hydrogens (tertiary/aromatic N) is 1. The van der Waals surface area contributed by atoms with Crippen LogP contribution in [0.25, 0.3) is 0 Å². The monoisotopic (exact) mass is 537 g/mol. The fraction of sp³-hybridized carbons (Fsp3) is 0.640. The highest BCUT2D eigenvalue weighted by Crippen LogP contribution is 2.43. The Morgan fingerprint density at radius 3 is 2.43 bits per heavy atom. The smallest absolute Gasteiger partial charge is 0.407 e. The van der Waals surface area contributed by atoms with E-state index in [1.54, 1.807) is 40.7 Å². The minimum Gasteiger partial charge on any atom is -0.487 e. The van der Waals surface area contributed by atoms with Crippen LogP contribution >= 0.6 is 0 Å². The van der Waals surface area contributed by atoms with Crippen molar-refractivity contribution in [2.45, 2.75) is 103 Å². The van der Waals surface area contributed by atoms with Gasteiger partial charge in [-0.1, -0.05) is 0 Å². The molecule has 1 aromatic carbocycles. The van der Waals surface area contributed by atoms with Crippen LogP contribution < -0.4 is 20.1 Å². The van der Waals surface area contributed by atoms with Gasteiger partial charge in [0.25, 0.3) is 10.0 Å². The van der Waals surface area contributed by atoms with Crippen LogP contribution in [0, 0.1) is 37.5 Å². The Labute approximate surface area is 219 Å². The zero-order chi connectivity index (χ0) is 28.3. The molecular weight excluding hydrogens is 498 g/mol. The number of aliphatic hydroxyl groups is 1. The molecule has 11 nitrogen and oxygen atoms in total. The molecule has 0 saturated heterocycles. The van der Waals surface area contributed by atoms with E-state index in [1.165, 1.54) is 0 Å². The number of nitriles is 1. The third-order valence-corrected chi connectivity index (χ3v) is 7.63. The summed E-state index contributed by atoms with van der Waals surface area (Å²) in [5.41, 5.74) is 1.61. The standard InChI is InChI=1S/C25H39N5O6S/c1-14-15(2)21(16(3)17-12-25(7,8)35-20(14)17)37(33,34)30-22(27)28-11-9-10-18(19(31)13-26)29-23(32)36-24(4,5)6/h18-19,31H,9-12H2,1-8H3,(H,29,32)(H3,27,28,30). The SMILES string of the molecule is Cc1c(C)c(S(=O)(=O)NC(=N)NCCCC(NC(=O)OC(C)(C)C)C(O)C#N)c(C)c2c1OC(C)(C)C2. The average Bonchev–Trinajstić information content (AvgIpc) is 3.08. The van der Waals surface area contributed by atoms with Gasteiger partial charge in [-0.15, -0.1) is 0 Å². The Bertz CT molecular complexity index is 1200. The van der Waals surface area contributed by atoms with Gasteiger partial charge in [-0.05, 0) is 84.9 Å². The molecule has 12 heteroatoms. The van der Waals surface area contributed by atoms with Crippen molar-refractivity contribution in [1.82, 2.24) is 15.4 Å². The number of carbonyl (C=O) groups excluding carboxylic acids is 1. The normalized spacial score (nSPS) is 16.0. The number of nitrogens with one attached hydrogen (secondary N) is 4. The molecule has 1 aliphatic heterocycles. The number of ether oxygens (including phenoxy) is 2. The molecule has 1 heterocycles.